The quantitative estimate of drug-likeness (QED) is 0.526. The van der Waals surface area contributed by atoms with E-state index in [0.29, 0.717) is 5.75 Å². The van der Waals surface area contributed by atoms with Gasteiger partial charge in [0.1, 0.15) is 11.4 Å². The number of carbonyl (C=O) groups excluding carboxylic acids is 2. The lowest BCUT2D eigenvalue weighted by atomic mass is 9.76. The van der Waals surface area contributed by atoms with Crippen molar-refractivity contribution in [1.29, 1.82) is 0 Å². The first-order chi connectivity index (χ1) is 15.8. The number of methoxy groups -OCH3 is 2. The van der Waals surface area contributed by atoms with Crippen LogP contribution in [0.2, 0.25) is 0 Å². The highest BCUT2D eigenvalue weighted by atomic mass is 16.5. The predicted molar refractivity (Wildman–Crippen MR) is 122 cm³/mol. The number of amides is 1. The van der Waals surface area contributed by atoms with Crippen molar-refractivity contribution in [3.63, 3.8) is 0 Å². The van der Waals surface area contributed by atoms with Crippen molar-refractivity contribution in [3.8, 4) is 5.75 Å². The molecule has 1 amide bonds. The molecular formula is C25H32N2O6. The number of likely N-dealkylation sites (tertiary alicyclic amines) is 1. The third-order valence-corrected chi connectivity index (χ3v) is 6.39. The fourth-order valence-corrected chi connectivity index (χ4v) is 4.45. The second-order valence-corrected chi connectivity index (χ2v) is 8.36. The molecule has 33 heavy (non-hydrogen) atoms. The molecule has 1 unspecified atom stereocenters. The maximum Gasteiger partial charge on any atom is 0.337 e. The number of hydrogen-bond acceptors (Lipinski definition) is 7. The molecule has 1 heterocycles. The van der Waals surface area contributed by atoms with Crippen LogP contribution in [0.5, 0.6) is 5.75 Å². The average molecular weight is 457 g/mol. The van der Waals surface area contributed by atoms with Gasteiger partial charge in [-0.2, -0.15) is 0 Å². The van der Waals surface area contributed by atoms with E-state index in [9.17, 15) is 14.7 Å². The van der Waals surface area contributed by atoms with E-state index < -0.39 is 23.0 Å². The van der Waals surface area contributed by atoms with Crippen molar-refractivity contribution in [2.75, 3.05) is 34.4 Å². The minimum absolute atomic E-state index is 0.100. The molecule has 0 aliphatic carbocycles. The largest absolute Gasteiger partial charge is 0.497 e. The lowest BCUT2D eigenvalue weighted by Gasteiger charge is -2.43. The molecule has 1 aliphatic rings. The maximum atomic E-state index is 13.5. The zero-order valence-corrected chi connectivity index (χ0v) is 19.5. The summed E-state index contributed by atoms with van der Waals surface area (Å²) in [5.41, 5.74) is -1.78. The number of rotatable bonds is 10. The topological polar surface area (TPSA) is 97.3 Å². The summed E-state index contributed by atoms with van der Waals surface area (Å²) in [6, 6.07) is 16.7. The number of nitrogens with one attached hydrogen (secondary N) is 1. The first-order valence-electron chi connectivity index (χ1n) is 10.8. The lowest BCUT2D eigenvalue weighted by molar-refractivity contribution is -0.179. The van der Waals surface area contributed by atoms with Crippen LogP contribution in [0.3, 0.4) is 0 Å². The first-order valence-corrected chi connectivity index (χ1v) is 10.8. The van der Waals surface area contributed by atoms with Gasteiger partial charge in [-0.1, -0.05) is 42.5 Å². The van der Waals surface area contributed by atoms with Gasteiger partial charge in [0.25, 0.3) is 0 Å². The number of aliphatic hydroxyl groups is 1. The Morgan fingerprint density at radius 1 is 1.09 bits per heavy atom. The molecule has 0 radical (unpaired) electrons. The highest BCUT2D eigenvalue weighted by Gasteiger charge is 2.70. The smallest absolute Gasteiger partial charge is 0.337 e. The summed E-state index contributed by atoms with van der Waals surface area (Å²) in [7, 11) is 4.52. The van der Waals surface area contributed by atoms with Crippen LogP contribution in [0.4, 0.5) is 0 Å². The van der Waals surface area contributed by atoms with E-state index in [1.807, 2.05) is 42.5 Å². The molecule has 0 aromatic heterocycles. The van der Waals surface area contributed by atoms with Crippen LogP contribution in [-0.2, 0) is 32.2 Å². The molecule has 8 nitrogen and oxygen atoms in total. The van der Waals surface area contributed by atoms with E-state index in [-0.39, 0.29) is 32.2 Å². The van der Waals surface area contributed by atoms with Gasteiger partial charge in [-0.25, -0.2) is 4.79 Å². The van der Waals surface area contributed by atoms with Crippen LogP contribution < -0.4 is 10.1 Å². The summed E-state index contributed by atoms with van der Waals surface area (Å²) in [6.45, 7) is 1.80. The summed E-state index contributed by atoms with van der Waals surface area (Å²) >= 11 is 0. The Morgan fingerprint density at radius 2 is 1.76 bits per heavy atom. The number of ether oxygens (including phenoxy) is 3. The molecule has 1 saturated heterocycles. The number of nitrogens with zero attached hydrogens (tertiary/aromatic N) is 1. The highest BCUT2D eigenvalue weighted by molar-refractivity contribution is 5.96. The molecule has 3 rings (SSSR count). The van der Waals surface area contributed by atoms with Gasteiger partial charge in [-0.15, -0.1) is 0 Å². The van der Waals surface area contributed by atoms with Crippen LogP contribution >= 0.6 is 0 Å². The molecule has 1 aliphatic heterocycles. The van der Waals surface area contributed by atoms with E-state index in [0.717, 1.165) is 11.1 Å². The second kappa shape index (κ2) is 10.3. The molecule has 2 N–H and O–H groups in total. The zero-order valence-electron chi connectivity index (χ0n) is 19.5. The van der Waals surface area contributed by atoms with Crippen LogP contribution in [0.1, 0.15) is 18.1 Å². The fraction of sp³-hybridized carbons (Fsp3) is 0.440. The average Bonchev–Trinajstić information content (AvgIpc) is 2.98. The Bertz CT molecular complexity index is 947. The summed E-state index contributed by atoms with van der Waals surface area (Å²) in [5, 5.41) is 14.6. The monoisotopic (exact) mass is 456 g/mol. The lowest BCUT2D eigenvalue weighted by Crippen LogP contribution is -2.66. The number of hydrogen-bond donors (Lipinski definition) is 2. The molecule has 178 valence electrons. The predicted octanol–water partition coefficient (Wildman–Crippen LogP) is 1.75. The standard InChI is InChI=1S/C25H32N2O6/c1-24(30)21(14-26-2)22(28)27(15-18-10-12-20(31-3)13-11-18)25(24,23(29)32-4)17-33-16-19-8-6-5-7-9-19/h5-13,21,26,30H,14-17H2,1-4H3/t21?,24-,25-/m0/s1. The fourth-order valence-electron chi connectivity index (χ4n) is 4.45. The van der Waals surface area contributed by atoms with Crippen LogP contribution in [0, 0.1) is 5.92 Å². The number of carbonyl (C=O) groups is 2. The summed E-state index contributed by atoms with van der Waals surface area (Å²) in [6.07, 6.45) is 0. The summed E-state index contributed by atoms with van der Waals surface area (Å²) < 4.78 is 16.3. The van der Waals surface area contributed by atoms with Gasteiger partial charge in [-0.3, -0.25) is 4.79 Å². The highest BCUT2D eigenvalue weighted by Crippen LogP contribution is 2.45. The van der Waals surface area contributed by atoms with Gasteiger partial charge in [0.2, 0.25) is 5.91 Å². The van der Waals surface area contributed by atoms with Gasteiger partial charge in [-0.05, 0) is 37.2 Å². The Labute approximate surface area is 194 Å². The van der Waals surface area contributed by atoms with E-state index in [1.54, 1.807) is 26.3 Å². The molecule has 0 spiro atoms. The van der Waals surface area contributed by atoms with Gasteiger partial charge in [0, 0.05) is 13.1 Å². The van der Waals surface area contributed by atoms with Gasteiger partial charge in [0.15, 0.2) is 5.54 Å². The molecule has 0 saturated carbocycles. The molecule has 1 fully saturated rings. The summed E-state index contributed by atoms with van der Waals surface area (Å²) in [4.78, 5) is 28.2. The second-order valence-electron chi connectivity index (χ2n) is 8.36. The van der Waals surface area contributed by atoms with E-state index >= 15 is 0 Å². The summed E-state index contributed by atoms with van der Waals surface area (Å²) in [5.74, 6) is -1.25. The SMILES string of the molecule is CNCC1C(=O)N(Cc2ccc(OC)cc2)[C@@](COCc2ccccc2)(C(=O)OC)[C@@]1(C)O. The molecular weight excluding hydrogens is 424 g/mol. The van der Waals surface area contributed by atoms with Crippen LogP contribution in [0.15, 0.2) is 54.6 Å². The Hall–Kier alpha value is -2.94. The molecule has 3 atom stereocenters. The van der Waals surface area contributed by atoms with Crippen molar-refractivity contribution in [2.24, 2.45) is 5.92 Å². The third-order valence-electron chi connectivity index (χ3n) is 6.39. The maximum absolute atomic E-state index is 13.5. The molecule has 8 heteroatoms. The van der Waals surface area contributed by atoms with E-state index in [4.69, 9.17) is 14.2 Å². The third kappa shape index (κ3) is 4.59. The van der Waals surface area contributed by atoms with Gasteiger partial charge >= 0.3 is 5.97 Å². The van der Waals surface area contributed by atoms with Crippen molar-refractivity contribution in [2.45, 2.75) is 31.2 Å². The Morgan fingerprint density at radius 3 is 2.33 bits per heavy atom. The number of benzene rings is 2. The molecule has 2 aromatic carbocycles. The van der Waals surface area contributed by atoms with Crippen molar-refractivity contribution in [1.82, 2.24) is 10.2 Å². The van der Waals surface area contributed by atoms with Crippen molar-refractivity contribution >= 4 is 11.9 Å². The van der Waals surface area contributed by atoms with E-state index in [2.05, 4.69) is 5.32 Å². The van der Waals surface area contributed by atoms with Gasteiger partial charge < -0.3 is 29.5 Å². The van der Waals surface area contributed by atoms with Gasteiger partial charge in [0.05, 0.1) is 33.4 Å². The minimum Gasteiger partial charge on any atom is -0.497 e. The van der Waals surface area contributed by atoms with Crippen LogP contribution in [0.25, 0.3) is 0 Å². The Balaban J connectivity index is 2.00. The minimum atomic E-state index is -1.75. The van der Waals surface area contributed by atoms with Crippen molar-refractivity contribution in [3.05, 3.63) is 65.7 Å². The van der Waals surface area contributed by atoms with Crippen LogP contribution in [-0.4, -0.2) is 67.4 Å². The van der Waals surface area contributed by atoms with E-state index in [1.165, 1.54) is 18.9 Å². The molecule has 2 aromatic rings. The molecule has 0 bridgehead atoms. The Kier molecular flexibility index (Phi) is 7.73. The normalized spacial score (nSPS) is 24.7. The van der Waals surface area contributed by atoms with Crippen molar-refractivity contribution < 1.29 is 28.9 Å². The number of esters is 1. The first kappa shape index (κ1) is 24.7. The zero-order chi connectivity index (χ0) is 24.1.